The summed E-state index contributed by atoms with van der Waals surface area (Å²) in [6.07, 6.45) is 0.928. The minimum Gasteiger partial charge on any atom is -0.378 e. The normalized spacial score (nSPS) is 15.1. The molecule has 0 spiro atoms. The summed E-state index contributed by atoms with van der Waals surface area (Å²) in [4.78, 5) is 23.1. The maximum absolute atomic E-state index is 13.9. The summed E-state index contributed by atoms with van der Waals surface area (Å²) in [6.45, 7) is 5.43. The van der Waals surface area contributed by atoms with Crippen LogP contribution in [0.1, 0.15) is 12.1 Å². The Balaban J connectivity index is 1.40. The van der Waals surface area contributed by atoms with Gasteiger partial charge in [-0.1, -0.05) is 12.1 Å². The fraction of sp³-hybridized carbons (Fsp3) is 0.474. The summed E-state index contributed by atoms with van der Waals surface area (Å²) < 4.78 is 18.9. The Morgan fingerprint density at radius 2 is 2.04 bits per heavy atom. The number of nitrogens with one attached hydrogen (secondary N) is 2. The predicted octanol–water partition coefficient (Wildman–Crippen LogP) is 1.68. The van der Waals surface area contributed by atoms with Crippen molar-refractivity contribution in [3.8, 4) is 0 Å². The fourth-order valence-corrected chi connectivity index (χ4v) is 3.24. The van der Waals surface area contributed by atoms with Crippen molar-refractivity contribution in [1.29, 1.82) is 0 Å². The molecule has 0 radical (unpaired) electrons. The molecule has 1 aromatic heterocycles. The zero-order chi connectivity index (χ0) is 19.1. The Kier molecular flexibility index (Phi) is 6.78. The maximum Gasteiger partial charge on any atom is 0.252 e. The first-order valence-corrected chi connectivity index (χ1v) is 9.20. The van der Waals surface area contributed by atoms with Crippen LogP contribution in [0.25, 0.3) is 0 Å². The number of aromatic nitrogens is 2. The van der Waals surface area contributed by atoms with E-state index in [0.717, 1.165) is 39.1 Å². The van der Waals surface area contributed by atoms with Crippen LogP contribution in [0.3, 0.4) is 0 Å². The average Bonchev–Trinajstić information content (AvgIpc) is 2.66. The van der Waals surface area contributed by atoms with E-state index in [2.05, 4.69) is 25.1 Å². The van der Waals surface area contributed by atoms with E-state index in [-0.39, 0.29) is 11.4 Å². The quantitative estimate of drug-likeness (QED) is 0.684. The minimum absolute atomic E-state index is 0.160. The lowest BCUT2D eigenvalue weighted by atomic mass is 10.2. The molecule has 1 saturated heterocycles. The summed E-state index contributed by atoms with van der Waals surface area (Å²) >= 11 is 0. The molecule has 2 N–H and O–H groups in total. The van der Waals surface area contributed by atoms with Gasteiger partial charge in [0.05, 0.1) is 18.0 Å². The van der Waals surface area contributed by atoms with Crippen LogP contribution in [-0.4, -0.2) is 61.2 Å². The second kappa shape index (κ2) is 9.48. The van der Waals surface area contributed by atoms with E-state index in [9.17, 15) is 9.18 Å². The molecule has 0 bridgehead atoms. The summed E-state index contributed by atoms with van der Waals surface area (Å²) in [5.41, 5.74) is 1.10. The van der Waals surface area contributed by atoms with Gasteiger partial charge < -0.3 is 15.0 Å². The van der Waals surface area contributed by atoms with E-state index >= 15 is 0 Å². The highest BCUT2D eigenvalue weighted by molar-refractivity contribution is 5.47. The number of H-pyrrole nitrogens is 1. The number of ether oxygens (including phenoxy) is 1. The van der Waals surface area contributed by atoms with Crippen LogP contribution in [0.15, 0.2) is 35.1 Å². The van der Waals surface area contributed by atoms with Gasteiger partial charge in [-0.3, -0.25) is 14.7 Å². The second-order valence-corrected chi connectivity index (χ2v) is 6.58. The number of piperazine rings is 1. The number of nitrogens with zero attached hydrogens (tertiary/aromatic N) is 3. The van der Waals surface area contributed by atoms with Gasteiger partial charge in [-0.25, -0.2) is 9.37 Å². The van der Waals surface area contributed by atoms with Crippen LogP contribution in [0, 0.1) is 5.82 Å². The molecule has 0 aliphatic carbocycles. The van der Waals surface area contributed by atoms with Crippen molar-refractivity contribution < 1.29 is 9.13 Å². The van der Waals surface area contributed by atoms with Crippen LogP contribution in [0.4, 0.5) is 16.0 Å². The van der Waals surface area contributed by atoms with Crippen LogP contribution in [0.5, 0.6) is 0 Å². The molecule has 8 heteroatoms. The van der Waals surface area contributed by atoms with Gasteiger partial charge in [0.15, 0.2) is 0 Å². The molecule has 27 heavy (non-hydrogen) atoms. The van der Waals surface area contributed by atoms with Gasteiger partial charge in [0, 0.05) is 45.9 Å². The molecule has 2 heterocycles. The number of halogens is 1. The number of rotatable bonds is 8. The Labute approximate surface area is 158 Å². The lowest BCUT2D eigenvalue weighted by Gasteiger charge is -2.36. The highest BCUT2D eigenvalue weighted by Crippen LogP contribution is 2.20. The maximum atomic E-state index is 13.9. The third-order valence-electron chi connectivity index (χ3n) is 4.60. The first-order chi connectivity index (χ1) is 13.2. The molecule has 146 valence electrons. The number of methoxy groups -OCH3 is 1. The number of benzene rings is 1. The number of anilines is 2. The SMILES string of the molecule is COCc1cc(=O)[nH]c(NCCCN2CCN(c3ccccc3F)CC2)n1. The van der Waals surface area contributed by atoms with Crippen LogP contribution in [0.2, 0.25) is 0 Å². The third kappa shape index (κ3) is 5.51. The molecule has 0 atom stereocenters. The Morgan fingerprint density at radius 3 is 2.78 bits per heavy atom. The zero-order valence-electron chi connectivity index (χ0n) is 15.6. The zero-order valence-corrected chi connectivity index (χ0v) is 15.6. The highest BCUT2D eigenvalue weighted by Gasteiger charge is 2.18. The van der Waals surface area contributed by atoms with Crippen LogP contribution < -0.4 is 15.8 Å². The van der Waals surface area contributed by atoms with Crippen molar-refractivity contribution in [2.45, 2.75) is 13.0 Å². The summed E-state index contributed by atoms with van der Waals surface area (Å²) in [5.74, 6) is 0.311. The Morgan fingerprint density at radius 1 is 1.26 bits per heavy atom. The lowest BCUT2D eigenvalue weighted by molar-refractivity contribution is 0.181. The number of aromatic amines is 1. The van der Waals surface area contributed by atoms with Gasteiger partial charge in [0.25, 0.3) is 5.56 Å². The van der Waals surface area contributed by atoms with Gasteiger partial charge in [-0.2, -0.15) is 0 Å². The molecular formula is C19H26FN5O2. The van der Waals surface area contributed by atoms with Gasteiger partial charge in [0.1, 0.15) is 5.82 Å². The van der Waals surface area contributed by atoms with Crippen molar-refractivity contribution in [2.24, 2.45) is 0 Å². The molecule has 7 nitrogen and oxygen atoms in total. The number of para-hydroxylation sites is 1. The van der Waals surface area contributed by atoms with Crippen molar-refractivity contribution in [3.63, 3.8) is 0 Å². The smallest absolute Gasteiger partial charge is 0.252 e. The highest BCUT2D eigenvalue weighted by atomic mass is 19.1. The molecule has 0 unspecified atom stereocenters. The topological polar surface area (TPSA) is 73.5 Å². The van der Waals surface area contributed by atoms with E-state index in [1.165, 1.54) is 12.1 Å². The Bertz CT molecular complexity index is 790. The third-order valence-corrected chi connectivity index (χ3v) is 4.60. The molecule has 0 saturated carbocycles. The Hall–Kier alpha value is -2.45. The van der Waals surface area contributed by atoms with Gasteiger partial charge in [-0.05, 0) is 25.1 Å². The van der Waals surface area contributed by atoms with Gasteiger partial charge in [-0.15, -0.1) is 0 Å². The fourth-order valence-electron chi connectivity index (χ4n) is 3.24. The monoisotopic (exact) mass is 375 g/mol. The molecule has 1 aromatic carbocycles. The lowest BCUT2D eigenvalue weighted by Crippen LogP contribution is -2.47. The van der Waals surface area contributed by atoms with Crippen LogP contribution >= 0.6 is 0 Å². The first kappa shape index (κ1) is 19.3. The van der Waals surface area contributed by atoms with Gasteiger partial charge in [0.2, 0.25) is 5.95 Å². The van der Waals surface area contributed by atoms with Crippen molar-refractivity contribution in [1.82, 2.24) is 14.9 Å². The van der Waals surface area contributed by atoms with Gasteiger partial charge >= 0.3 is 0 Å². The number of hydrogen-bond acceptors (Lipinski definition) is 6. The van der Waals surface area contributed by atoms with E-state index in [4.69, 9.17) is 4.74 Å². The average molecular weight is 375 g/mol. The molecule has 1 aliphatic rings. The van der Waals surface area contributed by atoms with E-state index in [1.54, 1.807) is 13.2 Å². The van der Waals surface area contributed by atoms with Crippen molar-refractivity contribution in [2.75, 3.05) is 56.6 Å². The predicted molar refractivity (Wildman–Crippen MR) is 104 cm³/mol. The first-order valence-electron chi connectivity index (χ1n) is 9.20. The molecule has 3 rings (SSSR count). The minimum atomic E-state index is -0.191. The second-order valence-electron chi connectivity index (χ2n) is 6.58. The van der Waals surface area contributed by atoms with Crippen LogP contribution in [-0.2, 0) is 11.3 Å². The molecular weight excluding hydrogens is 349 g/mol. The summed E-state index contributed by atoms with van der Waals surface area (Å²) in [5, 5.41) is 3.16. The summed E-state index contributed by atoms with van der Waals surface area (Å²) in [7, 11) is 1.57. The van der Waals surface area contributed by atoms with E-state index in [0.29, 0.717) is 30.5 Å². The molecule has 0 amide bonds. The standard InChI is InChI=1S/C19H26FN5O2/c1-27-14-15-13-18(26)23-19(22-15)21-7-4-8-24-9-11-25(12-10-24)17-6-3-2-5-16(17)20/h2-3,5-6,13H,4,7-12,14H2,1H3,(H2,21,22,23,26). The van der Waals surface area contributed by atoms with Crippen molar-refractivity contribution >= 4 is 11.6 Å². The number of hydrogen-bond donors (Lipinski definition) is 2. The van der Waals surface area contributed by atoms with E-state index < -0.39 is 0 Å². The molecule has 2 aromatic rings. The largest absolute Gasteiger partial charge is 0.378 e. The van der Waals surface area contributed by atoms with E-state index in [1.807, 2.05) is 12.1 Å². The summed E-state index contributed by atoms with van der Waals surface area (Å²) in [6, 6.07) is 8.36. The molecule has 1 fully saturated rings. The van der Waals surface area contributed by atoms with Crippen molar-refractivity contribution in [3.05, 3.63) is 52.2 Å². The molecule has 1 aliphatic heterocycles.